The summed E-state index contributed by atoms with van der Waals surface area (Å²) >= 11 is 0. The van der Waals surface area contributed by atoms with Crippen molar-refractivity contribution < 1.29 is 27.4 Å². The Morgan fingerprint density at radius 3 is 2.36 bits per heavy atom. The molecule has 0 spiro atoms. The van der Waals surface area contributed by atoms with Gasteiger partial charge < -0.3 is 29.2 Å². The third kappa shape index (κ3) is 6.64. The fourth-order valence-corrected chi connectivity index (χ4v) is 5.50. The quantitative estimate of drug-likeness (QED) is 0.357. The first-order chi connectivity index (χ1) is 20.4. The van der Waals surface area contributed by atoms with E-state index in [0.717, 1.165) is 24.5 Å². The number of nitrogens with one attached hydrogen (secondary N) is 2. The van der Waals surface area contributed by atoms with E-state index >= 15 is 0 Å². The number of nitrogens with zero attached hydrogens (tertiary/aromatic N) is 4. The third-order valence-corrected chi connectivity index (χ3v) is 7.97. The van der Waals surface area contributed by atoms with Gasteiger partial charge in [-0.1, -0.05) is 18.2 Å². The average Bonchev–Trinajstić information content (AvgIpc) is 3.26. The van der Waals surface area contributed by atoms with Crippen LogP contribution >= 0.6 is 0 Å². The summed E-state index contributed by atoms with van der Waals surface area (Å²) in [6, 6.07) is 6.82. The highest BCUT2D eigenvalue weighted by Crippen LogP contribution is 2.40. The number of rotatable bonds is 10. The molecule has 42 heavy (non-hydrogen) atoms. The molecule has 3 heterocycles. The van der Waals surface area contributed by atoms with Crippen molar-refractivity contribution in [2.45, 2.75) is 11.3 Å². The molecule has 13 heteroatoms. The number of pyridine rings is 1. The molecular weight excluding hydrogens is 560 g/mol. The van der Waals surface area contributed by atoms with Crippen LogP contribution in [-0.2, 0) is 14.8 Å². The standard InChI is InChI=1S/C29H32N6O6S/c1-38-25-15-22(16-26(39-2)29(25)40-3)32-27-19-30-18-24(33-27)20-5-4-6-21(8-7-20)34-42(36,37)23-9-10-28(31-17-23)35-11-13-41-14-12-35/h5-10,15-19,34H,4,11-14H2,1-3H3,(H,32,33). The lowest BCUT2D eigenvalue weighted by molar-refractivity contribution is 0.122. The van der Waals surface area contributed by atoms with Gasteiger partial charge in [0.1, 0.15) is 16.5 Å². The molecule has 0 radical (unpaired) electrons. The SMILES string of the molecule is COc1cc(Nc2cncc(C3=CCC=C(NS(=O)(=O)c4ccc(N5CCOCC5)nc4)C=C3)n2)cc(OC)c1OC. The Bertz CT molecular complexity index is 1590. The predicted molar refractivity (Wildman–Crippen MR) is 159 cm³/mol. The molecule has 1 fully saturated rings. The molecule has 5 rings (SSSR count). The Kier molecular flexibility index (Phi) is 8.88. The molecule has 0 atom stereocenters. The molecule has 1 aliphatic carbocycles. The van der Waals surface area contributed by atoms with Gasteiger partial charge in [0, 0.05) is 42.8 Å². The van der Waals surface area contributed by atoms with Crippen LogP contribution in [0.5, 0.6) is 17.2 Å². The van der Waals surface area contributed by atoms with Gasteiger partial charge in [-0.3, -0.25) is 9.71 Å². The number of methoxy groups -OCH3 is 3. The largest absolute Gasteiger partial charge is 0.493 e. The molecule has 2 aliphatic rings. The van der Waals surface area contributed by atoms with Gasteiger partial charge in [-0.05, 0) is 30.2 Å². The summed E-state index contributed by atoms with van der Waals surface area (Å²) in [4.78, 5) is 15.5. The Balaban J connectivity index is 1.27. The Morgan fingerprint density at radius 1 is 0.929 bits per heavy atom. The first kappa shape index (κ1) is 28.9. The summed E-state index contributed by atoms with van der Waals surface area (Å²) in [7, 11) is 0.814. The van der Waals surface area contributed by atoms with Crippen molar-refractivity contribution in [2.75, 3.05) is 57.8 Å². The Labute approximate surface area is 244 Å². The molecule has 220 valence electrons. The van der Waals surface area contributed by atoms with E-state index in [1.807, 2.05) is 6.08 Å². The van der Waals surface area contributed by atoms with Crippen LogP contribution in [0, 0.1) is 0 Å². The second-order valence-electron chi connectivity index (χ2n) is 9.27. The zero-order chi connectivity index (χ0) is 29.5. The van der Waals surface area contributed by atoms with Crippen LogP contribution in [0.4, 0.5) is 17.3 Å². The summed E-state index contributed by atoms with van der Waals surface area (Å²) in [5.41, 5.74) is 2.52. The summed E-state index contributed by atoms with van der Waals surface area (Å²) in [6.07, 6.45) is 12.4. The molecule has 0 saturated carbocycles. The van der Waals surface area contributed by atoms with Gasteiger partial charge in [-0.15, -0.1) is 0 Å². The minimum Gasteiger partial charge on any atom is -0.493 e. The molecule has 0 bridgehead atoms. The first-order valence-electron chi connectivity index (χ1n) is 13.2. The lowest BCUT2D eigenvalue weighted by Gasteiger charge is -2.27. The smallest absolute Gasteiger partial charge is 0.263 e. The zero-order valence-electron chi connectivity index (χ0n) is 23.5. The van der Waals surface area contributed by atoms with Crippen LogP contribution in [-0.4, -0.2) is 71.0 Å². The van der Waals surface area contributed by atoms with Gasteiger partial charge >= 0.3 is 0 Å². The van der Waals surface area contributed by atoms with Crippen LogP contribution in [0.3, 0.4) is 0 Å². The number of morpholine rings is 1. The van der Waals surface area contributed by atoms with E-state index in [1.165, 1.54) is 6.20 Å². The number of aromatic nitrogens is 3. The van der Waals surface area contributed by atoms with Gasteiger partial charge in [-0.2, -0.15) is 0 Å². The fraction of sp³-hybridized carbons (Fsp3) is 0.276. The van der Waals surface area contributed by atoms with Crippen LogP contribution in [0.15, 0.2) is 77.8 Å². The summed E-state index contributed by atoms with van der Waals surface area (Å²) in [6.45, 7) is 2.69. The average molecular weight is 593 g/mol. The van der Waals surface area contributed by atoms with E-state index in [2.05, 4.69) is 24.9 Å². The van der Waals surface area contributed by atoms with Gasteiger partial charge in [-0.25, -0.2) is 18.4 Å². The second-order valence-corrected chi connectivity index (χ2v) is 11.0. The van der Waals surface area contributed by atoms with Crippen LogP contribution in [0.1, 0.15) is 12.1 Å². The molecular formula is C29H32N6O6S. The highest BCUT2D eigenvalue weighted by Gasteiger charge is 2.19. The van der Waals surface area contributed by atoms with Crippen molar-refractivity contribution in [3.05, 3.63) is 78.6 Å². The number of hydrogen-bond donors (Lipinski definition) is 2. The molecule has 1 saturated heterocycles. The molecule has 2 aromatic heterocycles. The van der Waals surface area contributed by atoms with E-state index < -0.39 is 10.0 Å². The van der Waals surface area contributed by atoms with Crippen molar-refractivity contribution in [2.24, 2.45) is 0 Å². The highest BCUT2D eigenvalue weighted by molar-refractivity contribution is 7.89. The van der Waals surface area contributed by atoms with Gasteiger partial charge in [0.25, 0.3) is 10.0 Å². The number of hydrogen-bond acceptors (Lipinski definition) is 11. The summed E-state index contributed by atoms with van der Waals surface area (Å²) in [5, 5.41) is 3.22. The Hall–Kier alpha value is -4.62. The van der Waals surface area contributed by atoms with Crippen molar-refractivity contribution in [1.82, 2.24) is 19.7 Å². The molecule has 1 aromatic carbocycles. The maximum Gasteiger partial charge on any atom is 0.263 e. The van der Waals surface area contributed by atoms with E-state index in [9.17, 15) is 8.42 Å². The van der Waals surface area contributed by atoms with Crippen molar-refractivity contribution in [1.29, 1.82) is 0 Å². The zero-order valence-corrected chi connectivity index (χ0v) is 24.3. The number of allylic oxidation sites excluding steroid dienone is 5. The monoisotopic (exact) mass is 592 g/mol. The topological polar surface area (TPSA) is 137 Å². The van der Waals surface area contributed by atoms with Crippen LogP contribution in [0.2, 0.25) is 0 Å². The molecule has 2 N–H and O–H groups in total. The Morgan fingerprint density at radius 2 is 1.69 bits per heavy atom. The maximum absolute atomic E-state index is 13.1. The number of sulfonamides is 1. The molecule has 12 nitrogen and oxygen atoms in total. The maximum atomic E-state index is 13.1. The molecule has 3 aromatic rings. The summed E-state index contributed by atoms with van der Waals surface area (Å²) in [5.74, 6) is 2.72. The van der Waals surface area contributed by atoms with E-state index in [1.54, 1.807) is 76.2 Å². The number of benzene rings is 1. The van der Waals surface area contributed by atoms with Crippen LogP contribution in [0.25, 0.3) is 5.57 Å². The third-order valence-electron chi connectivity index (χ3n) is 6.60. The number of anilines is 3. The minimum atomic E-state index is -3.83. The summed E-state index contributed by atoms with van der Waals surface area (Å²) < 4.78 is 50.4. The fourth-order valence-electron chi connectivity index (χ4n) is 4.49. The molecule has 1 aliphatic heterocycles. The lowest BCUT2D eigenvalue weighted by atomic mass is 10.1. The number of ether oxygens (including phenoxy) is 4. The van der Waals surface area contributed by atoms with Gasteiger partial charge in [0.2, 0.25) is 5.75 Å². The van der Waals surface area contributed by atoms with Crippen LogP contribution < -0.4 is 29.1 Å². The predicted octanol–water partition coefficient (Wildman–Crippen LogP) is 3.68. The van der Waals surface area contributed by atoms with Gasteiger partial charge in [0.05, 0.1) is 52.6 Å². The second kappa shape index (κ2) is 12.9. The first-order valence-corrected chi connectivity index (χ1v) is 14.7. The molecule has 0 unspecified atom stereocenters. The van der Waals surface area contributed by atoms with Crippen molar-refractivity contribution >= 4 is 32.9 Å². The lowest BCUT2D eigenvalue weighted by Crippen LogP contribution is -2.36. The van der Waals surface area contributed by atoms with Crippen molar-refractivity contribution in [3.63, 3.8) is 0 Å². The van der Waals surface area contributed by atoms with E-state index in [4.69, 9.17) is 23.9 Å². The minimum absolute atomic E-state index is 0.0858. The van der Waals surface area contributed by atoms with Gasteiger partial charge in [0.15, 0.2) is 11.5 Å². The molecule has 0 amide bonds. The van der Waals surface area contributed by atoms with E-state index in [0.29, 0.717) is 59.8 Å². The van der Waals surface area contributed by atoms with E-state index in [-0.39, 0.29) is 4.90 Å². The van der Waals surface area contributed by atoms with Crippen molar-refractivity contribution in [3.8, 4) is 17.2 Å². The normalized spacial score (nSPS) is 15.3. The highest BCUT2D eigenvalue weighted by atomic mass is 32.2.